The Kier molecular flexibility index (Phi) is 2.67. The van der Waals surface area contributed by atoms with Crippen molar-refractivity contribution in [1.29, 1.82) is 0 Å². The van der Waals surface area contributed by atoms with E-state index in [9.17, 15) is 13.2 Å². The van der Waals surface area contributed by atoms with Crippen LogP contribution >= 0.6 is 0 Å². The van der Waals surface area contributed by atoms with E-state index in [1.807, 2.05) is 0 Å². The van der Waals surface area contributed by atoms with Gasteiger partial charge in [-0.3, -0.25) is 0 Å². The Hall–Kier alpha value is -1.43. The van der Waals surface area contributed by atoms with Crippen LogP contribution in [0.4, 0.5) is 13.2 Å². The molecular formula is C10H10F3NO2. The van der Waals surface area contributed by atoms with E-state index in [2.05, 4.69) is 4.74 Å². The summed E-state index contributed by atoms with van der Waals surface area (Å²) in [6, 6.07) is 3.76. The molecule has 0 saturated carbocycles. The molecule has 0 saturated heterocycles. The maximum absolute atomic E-state index is 12.0. The standard InChI is InChI=1S/C10H10F3NO2/c11-10(12,13)16-6-1-2-7-8(14)3-4-15-9(7)5-6/h1-2,5,8H,3-4,14H2/t8-/m0/s1. The normalized spacial score (nSPS) is 19.9. The summed E-state index contributed by atoms with van der Waals surface area (Å²) in [5, 5.41) is 0. The lowest BCUT2D eigenvalue weighted by Crippen LogP contribution is -2.21. The van der Waals surface area contributed by atoms with Crippen LogP contribution < -0.4 is 15.2 Å². The monoisotopic (exact) mass is 233 g/mol. The number of fused-ring (bicyclic) bond motifs is 1. The lowest BCUT2D eigenvalue weighted by atomic mass is 10.0. The van der Waals surface area contributed by atoms with Gasteiger partial charge >= 0.3 is 6.36 Å². The summed E-state index contributed by atoms with van der Waals surface area (Å²) in [6.07, 6.45) is -4.03. The minimum atomic E-state index is -4.69. The first-order valence-corrected chi connectivity index (χ1v) is 4.74. The molecule has 1 aliphatic heterocycles. The van der Waals surface area contributed by atoms with E-state index >= 15 is 0 Å². The van der Waals surface area contributed by atoms with Crippen molar-refractivity contribution in [2.75, 3.05) is 6.61 Å². The number of hydrogen-bond acceptors (Lipinski definition) is 3. The molecule has 1 aromatic carbocycles. The third kappa shape index (κ3) is 2.38. The second-order valence-corrected chi connectivity index (χ2v) is 3.49. The molecule has 88 valence electrons. The molecule has 2 rings (SSSR count). The summed E-state index contributed by atoms with van der Waals surface area (Å²) in [5.74, 6) is 0.0702. The zero-order valence-corrected chi connectivity index (χ0v) is 8.25. The van der Waals surface area contributed by atoms with Crippen LogP contribution in [0.25, 0.3) is 0 Å². The Morgan fingerprint density at radius 2 is 2.12 bits per heavy atom. The molecule has 2 N–H and O–H groups in total. The van der Waals surface area contributed by atoms with Gasteiger partial charge in [0.2, 0.25) is 0 Å². The molecule has 1 aliphatic rings. The van der Waals surface area contributed by atoms with Gasteiger partial charge in [-0.15, -0.1) is 13.2 Å². The topological polar surface area (TPSA) is 44.5 Å². The molecule has 0 radical (unpaired) electrons. The number of halogens is 3. The first-order valence-electron chi connectivity index (χ1n) is 4.74. The lowest BCUT2D eigenvalue weighted by molar-refractivity contribution is -0.274. The van der Waals surface area contributed by atoms with Crippen LogP contribution in [0.1, 0.15) is 18.0 Å². The van der Waals surface area contributed by atoms with Crippen molar-refractivity contribution in [1.82, 2.24) is 0 Å². The maximum atomic E-state index is 12.0. The minimum Gasteiger partial charge on any atom is -0.493 e. The molecule has 1 atom stereocenters. The Morgan fingerprint density at radius 1 is 1.38 bits per heavy atom. The van der Waals surface area contributed by atoms with Crippen molar-refractivity contribution >= 4 is 0 Å². The molecule has 0 aliphatic carbocycles. The Bertz CT molecular complexity index is 392. The maximum Gasteiger partial charge on any atom is 0.573 e. The molecule has 0 unspecified atom stereocenters. The number of alkyl halides is 3. The van der Waals surface area contributed by atoms with Crippen LogP contribution in [-0.2, 0) is 0 Å². The summed E-state index contributed by atoms with van der Waals surface area (Å²) in [6.45, 7) is 0.406. The predicted octanol–water partition coefficient (Wildman–Crippen LogP) is 2.37. The van der Waals surface area contributed by atoms with Gasteiger partial charge in [0, 0.05) is 24.1 Å². The number of hydrogen-bond donors (Lipinski definition) is 1. The van der Waals surface area contributed by atoms with Crippen LogP contribution in [0.3, 0.4) is 0 Å². The molecule has 0 aromatic heterocycles. The van der Waals surface area contributed by atoms with Gasteiger partial charge in [-0.2, -0.15) is 0 Å². The number of benzene rings is 1. The van der Waals surface area contributed by atoms with Crippen molar-refractivity contribution in [2.45, 2.75) is 18.8 Å². The fourth-order valence-corrected chi connectivity index (χ4v) is 1.59. The van der Waals surface area contributed by atoms with Crippen LogP contribution in [0.5, 0.6) is 11.5 Å². The third-order valence-corrected chi connectivity index (χ3v) is 2.30. The minimum absolute atomic E-state index is 0.191. The van der Waals surface area contributed by atoms with Crippen LogP contribution in [0.15, 0.2) is 18.2 Å². The molecule has 16 heavy (non-hydrogen) atoms. The summed E-state index contributed by atoms with van der Waals surface area (Å²) in [4.78, 5) is 0. The van der Waals surface area contributed by atoms with E-state index in [1.165, 1.54) is 18.2 Å². The highest BCUT2D eigenvalue weighted by Crippen LogP contribution is 2.35. The fraction of sp³-hybridized carbons (Fsp3) is 0.400. The zero-order valence-electron chi connectivity index (χ0n) is 8.25. The van der Waals surface area contributed by atoms with Crippen molar-refractivity contribution < 1.29 is 22.6 Å². The smallest absolute Gasteiger partial charge is 0.493 e. The molecule has 0 fully saturated rings. The Labute approximate surface area is 89.9 Å². The third-order valence-electron chi connectivity index (χ3n) is 2.30. The largest absolute Gasteiger partial charge is 0.573 e. The Morgan fingerprint density at radius 3 is 2.81 bits per heavy atom. The van der Waals surface area contributed by atoms with E-state index in [0.717, 1.165) is 0 Å². The molecule has 0 bridgehead atoms. The second-order valence-electron chi connectivity index (χ2n) is 3.49. The zero-order chi connectivity index (χ0) is 11.8. The number of nitrogens with two attached hydrogens (primary N) is 1. The van der Waals surface area contributed by atoms with Gasteiger partial charge in [0.25, 0.3) is 0 Å². The molecule has 0 spiro atoms. The fourth-order valence-electron chi connectivity index (χ4n) is 1.59. The molecule has 3 nitrogen and oxygen atoms in total. The van der Waals surface area contributed by atoms with Crippen molar-refractivity contribution in [3.8, 4) is 11.5 Å². The van der Waals surface area contributed by atoms with Crippen molar-refractivity contribution in [3.05, 3.63) is 23.8 Å². The van der Waals surface area contributed by atoms with Gasteiger partial charge < -0.3 is 15.2 Å². The summed E-state index contributed by atoms with van der Waals surface area (Å²) in [5.41, 5.74) is 6.49. The van der Waals surface area contributed by atoms with Gasteiger partial charge in [-0.1, -0.05) is 6.07 Å². The van der Waals surface area contributed by atoms with E-state index in [0.29, 0.717) is 24.3 Å². The van der Waals surface area contributed by atoms with Gasteiger partial charge in [-0.25, -0.2) is 0 Å². The molecule has 6 heteroatoms. The van der Waals surface area contributed by atoms with Crippen LogP contribution in [0, 0.1) is 0 Å². The quantitative estimate of drug-likeness (QED) is 0.809. The number of rotatable bonds is 1. The van der Waals surface area contributed by atoms with Crippen LogP contribution in [0.2, 0.25) is 0 Å². The first kappa shape index (κ1) is 11.1. The number of ether oxygens (including phenoxy) is 2. The van der Waals surface area contributed by atoms with Crippen LogP contribution in [-0.4, -0.2) is 13.0 Å². The van der Waals surface area contributed by atoms with Gasteiger partial charge in [0.15, 0.2) is 0 Å². The first-order chi connectivity index (χ1) is 7.46. The van der Waals surface area contributed by atoms with Gasteiger partial charge in [0.05, 0.1) is 6.61 Å². The highest BCUT2D eigenvalue weighted by atomic mass is 19.4. The van der Waals surface area contributed by atoms with E-state index in [4.69, 9.17) is 10.5 Å². The molecule has 1 heterocycles. The predicted molar refractivity (Wildman–Crippen MR) is 50.2 cm³/mol. The second kappa shape index (κ2) is 3.86. The SMILES string of the molecule is N[C@H]1CCOc2cc(OC(F)(F)F)ccc21. The molecule has 1 aromatic rings. The van der Waals surface area contributed by atoms with Crippen molar-refractivity contribution in [3.63, 3.8) is 0 Å². The molecular weight excluding hydrogens is 223 g/mol. The Balaban J connectivity index is 2.25. The average molecular weight is 233 g/mol. The van der Waals surface area contributed by atoms with E-state index in [-0.39, 0.29) is 11.8 Å². The van der Waals surface area contributed by atoms with Crippen molar-refractivity contribution in [2.24, 2.45) is 5.73 Å². The highest BCUT2D eigenvalue weighted by molar-refractivity contribution is 5.43. The molecule has 0 amide bonds. The average Bonchev–Trinajstić information content (AvgIpc) is 2.15. The van der Waals surface area contributed by atoms with Gasteiger partial charge in [0.1, 0.15) is 11.5 Å². The van der Waals surface area contributed by atoms with E-state index in [1.54, 1.807) is 0 Å². The van der Waals surface area contributed by atoms with E-state index < -0.39 is 6.36 Å². The summed E-state index contributed by atoms with van der Waals surface area (Å²) < 4.78 is 44.9. The summed E-state index contributed by atoms with van der Waals surface area (Å²) >= 11 is 0. The highest BCUT2D eigenvalue weighted by Gasteiger charge is 2.31. The summed E-state index contributed by atoms with van der Waals surface area (Å²) in [7, 11) is 0. The van der Waals surface area contributed by atoms with Gasteiger partial charge in [-0.05, 0) is 6.07 Å². The lowest BCUT2D eigenvalue weighted by Gasteiger charge is -2.23.